The van der Waals surface area contributed by atoms with Gasteiger partial charge in [-0.05, 0) is 61.7 Å². The van der Waals surface area contributed by atoms with E-state index in [1.165, 1.54) is 32.1 Å². The number of aromatic nitrogens is 2. The summed E-state index contributed by atoms with van der Waals surface area (Å²) in [7, 11) is 0. The zero-order chi connectivity index (χ0) is 12.1. The summed E-state index contributed by atoms with van der Waals surface area (Å²) in [6.45, 7) is 0. The minimum Gasteiger partial charge on any atom is -0.386 e. The average Bonchev–Trinajstić information content (AvgIpc) is 2.38. The second-order valence-corrected chi connectivity index (χ2v) is 6.58. The summed E-state index contributed by atoms with van der Waals surface area (Å²) in [5, 5.41) is 10.6. The molecule has 1 aromatic rings. The maximum absolute atomic E-state index is 10.6. The van der Waals surface area contributed by atoms with Gasteiger partial charge in [0.05, 0.1) is 11.9 Å². The highest BCUT2D eigenvalue weighted by Crippen LogP contribution is 2.59. The number of aliphatic hydroxyl groups excluding tert-OH is 1. The summed E-state index contributed by atoms with van der Waals surface area (Å²) in [4.78, 5) is 8.39. The molecule has 4 bridgehead atoms. The van der Waals surface area contributed by atoms with Crippen molar-refractivity contribution in [2.75, 3.05) is 0 Å². The van der Waals surface area contributed by atoms with Gasteiger partial charge in [-0.2, -0.15) is 0 Å². The lowest BCUT2D eigenvalue weighted by atomic mass is 9.50. The molecule has 1 N–H and O–H groups in total. The van der Waals surface area contributed by atoms with E-state index in [9.17, 15) is 5.11 Å². The summed E-state index contributed by atoms with van der Waals surface area (Å²) in [5.74, 6) is 3.82. The third-order valence-electron chi connectivity index (χ3n) is 5.55. The highest BCUT2D eigenvalue weighted by atomic mass is 16.3. The second-order valence-electron chi connectivity index (χ2n) is 6.58. The molecule has 4 aliphatic rings. The monoisotopic (exact) mass is 244 g/mol. The van der Waals surface area contributed by atoms with E-state index < -0.39 is 6.10 Å². The maximum Gasteiger partial charge on any atom is 0.101 e. The Kier molecular flexibility index (Phi) is 2.44. The number of hydrogen-bond acceptors (Lipinski definition) is 3. The van der Waals surface area contributed by atoms with Gasteiger partial charge < -0.3 is 5.11 Å². The third-order valence-corrected chi connectivity index (χ3v) is 5.55. The lowest BCUT2D eigenvalue weighted by Crippen LogP contribution is -2.47. The molecular weight excluding hydrogens is 224 g/mol. The Morgan fingerprint density at radius 1 is 1.00 bits per heavy atom. The van der Waals surface area contributed by atoms with Crippen LogP contribution in [0.4, 0.5) is 0 Å². The summed E-state index contributed by atoms with van der Waals surface area (Å²) >= 11 is 0. The molecule has 4 fully saturated rings. The average molecular weight is 244 g/mol. The van der Waals surface area contributed by atoms with E-state index in [-0.39, 0.29) is 0 Å². The van der Waals surface area contributed by atoms with Crippen LogP contribution in [-0.4, -0.2) is 15.1 Å². The van der Waals surface area contributed by atoms with Crippen LogP contribution in [0.25, 0.3) is 0 Å². The number of aliphatic hydroxyl groups is 1. The molecule has 0 spiro atoms. The fourth-order valence-electron chi connectivity index (χ4n) is 5.14. The van der Waals surface area contributed by atoms with Gasteiger partial charge in [0.1, 0.15) is 6.10 Å². The first-order valence-electron chi connectivity index (χ1n) is 7.25. The van der Waals surface area contributed by atoms with Gasteiger partial charge in [0.15, 0.2) is 0 Å². The van der Waals surface area contributed by atoms with Crippen LogP contribution in [0.2, 0.25) is 0 Å². The van der Waals surface area contributed by atoms with Crippen molar-refractivity contribution in [3.63, 3.8) is 0 Å². The quantitative estimate of drug-likeness (QED) is 0.869. The van der Waals surface area contributed by atoms with Crippen LogP contribution in [-0.2, 0) is 0 Å². The Hall–Kier alpha value is -0.960. The SMILES string of the molecule is OC(c1cnccn1)C1C2CC3CC(C2)CC1C3. The van der Waals surface area contributed by atoms with Crippen molar-refractivity contribution >= 4 is 0 Å². The van der Waals surface area contributed by atoms with Gasteiger partial charge in [0, 0.05) is 12.4 Å². The van der Waals surface area contributed by atoms with Gasteiger partial charge >= 0.3 is 0 Å². The van der Waals surface area contributed by atoms with Crippen LogP contribution in [0.3, 0.4) is 0 Å². The van der Waals surface area contributed by atoms with E-state index in [0.717, 1.165) is 29.4 Å². The molecule has 1 unspecified atom stereocenters. The van der Waals surface area contributed by atoms with E-state index in [4.69, 9.17) is 0 Å². The zero-order valence-corrected chi connectivity index (χ0v) is 10.6. The van der Waals surface area contributed by atoms with Crippen LogP contribution in [0.1, 0.15) is 43.9 Å². The first kappa shape index (κ1) is 10.9. The van der Waals surface area contributed by atoms with Crippen molar-refractivity contribution in [2.24, 2.45) is 29.6 Å². The molecule has 18 heavy (non-hydrogen) atoms. The standard InChI is InChI=1S/C15H20N2O/c18-15(13-8-16-1-2-17-13)14-11-4-9-3-10(6-11)7-12(14)5-9/h1-2,8-12,14-15,18H,3-7H2. The summed E-state index contributed by atoms with van der Waals surface area (Å²) < 4.78 is 0. The van der Waals surface area contributed by atoms with Crippen molar-refractivity contribution in [1.82, 2.24) is 9.97 Å². The van der Waals surface area contributed by atoms with E-state index in [1.54, 1.807) is 18.6 Å². The summed E-state index contributed by atoms with van der Waals surface area (Å²) in [5.41, 5.74) is 0.773. The van der Waals surface area contributed by atoms with Crippen molar-refractivity contribution in [3.8, 4) is 0 Å². The Morgan fingerprint density at radius 3 is 2.22 bits per heavy atom. The van der Waals surface area contributed by atoms with Crippen molar-refractivity contribution < 1.29 is 5.11 Å². The molecular formula is C15H20N2O. The molecule has 3 nitrogen and oxygen atoms in total. The predicted molar refractivity (Wildman–Crippen MR) is 67.5 cm³/mol. The molecule has 0 aromatic carbocycles. The fourth-order valence-corrected chi connectivity index (χ4v) is 5.14. The van der Waals surface area contributed by atoms with Gasteiger partial charge in [0.25, 0.3) is 0 Å². The fraction of sp³-hybridized carbons (Fsp3) is 0.733. The van der Waals surface area contributed by atoms with Crippen molar-refractivity contribution in [3.05, 3.63) is 24.3 Å². The molecule has 4 saturated carbocycles. The van der Waals surface area contributed by atoms with Gasteiger partial charge in [-0.3, -0.25) is 9.97 Å². The Bertz CT molecular complexity index is 405. The normalized spacial score (nSPS) is 43.1. The molecule has 1 atom stereocenters. The summed E-state index contributed by atoms with van der Waals surface area (Å²) in [6.07, 6.45) is 11.5. The molecule has 3 heteroatoms. The van der Waals surface area contributed by atoms with Gasteiger partial charge in [-0.15, -0.1) is 0 Å². The third kappa shape index (κ3) is 1.60. The molecule has 0 amide bonds. The minimum absolute atomic E-state index is 0.395. The minimum atomic E-state index is -0.395. The molecule has 0 saturated heterocycles. The summed E-state index contributed by atoms with van der Waals surface area (Å²) in [6, 6.07) is 0. The Morgan fingerprint density at radius 2 is 1.67 bits per heavy atom. The largest absolute Gasteiger partial charge is 0.386 e. The molecule has 1 heterocycles. The van der Waals surface area contributed by atoms with Crippen LogP contribution in [0.15, 0.2) is 18.6 Å². The second kappa shape index (κ2) is 4.02. The lowest BCUT2D eigenvalue weighted by Gasteiger charge is -2.55. The molecule has 1 aromatic heterocycles. The molecule has 4 aliphatic carbocycles. The van der Waals surface area contributed by atoms with E-state index >= 15 is 0 Å². The van der Waals surface area contributed by atoms with Crippen LogP contribution in [0, 0.1) is 29.6 Å². The predicted octanol–water partition coefficient (Wildman–Crippen LogP) is 2.58. The molecule has 0 aliphatic heterocycles. The Labute approximate surface area is 108 Å². The first-order valence-corrected chi connectivity index (χ1v) is 7.25. The molecule has 5 rings (SSSR count). The first-order chi connectivity index (χ1) is 8.81. The van der Waals surface area contributed by atoms with E-state index in [1.807, 2.05) is 0 Å². The van der Waals surface area contributed by atoms with Crippen molar-refractivity contribution in [1.29, 1.82) is 0 Å². The van der Waals surface area contributed by atoms with Gasteiger partial charge in [-0.25, -0.2) is 0 Å². The number of rotatable bonds is 2. The highest BCUT2D eigenvalue weighted by molar-refractivity contribution is 5.07. The van der Waals surface area contributed by atoms with Crippen LogP contribution < -0.4 is 0 Å². The smallest absolute Gasteiger partial charge is 0.101 e. The highest BCUT2D eigenvalue weighted by Gasteiger charge is 2.50. The maximum atomic E-state index is 10.6. The molecule has 0 radical (unpaired) electrons. The van der Waals surface area contributed by atoms with E-state index in [0.29, 0.717) is 5.92 Å². The van der Waals surface area contributed by atoms with Gasteiger partial charge in [-0.1, -0.05) is 0 Å². The topological polar surface area (TPSA) is 46.0 Å². The van der Waals surface area contributed by atoms with E-state index in [2.05, 4.69) is 9.97 Å². The van der Waals surface area contributed by atoms with Crippen molar-refractivity contribution in [2.45, 2.75) is 38.2 Å². The van der Waals surface area contributed by atoms with Gasteiger partial charge in [0.2, 0.25) is 0 Å². The Balaban J connectivity index is 1.61. The molecule has 96 valence electrons. The van der Waals surface area contributed by atoms with Crippen LogP contribution in [0.5, 0.6) is 0 Å². The lowest BCUT2D eigenvalue weighted by molar-refractivity contribution is -0.0920. The van der Waals surface area contributed by atoms with Crippen LogP contribution >= 0.6 is 0 Å². The number of hydrogen-bond donors (Lipinski definition) is 1. The zero-order valence-electron chi connectivity index (χ0n) is 10.6. The number of nitrogens with zero attached hydrogens (tertiary/aromatic N) is 2.